The third kappa shape index (κ3) is 3.26. The highest BCUT2D eigenvalue weighted by Gasteiger charge is 2.14. The maximum Gasteiger partial charge on any atom is 0.369 e. The zero-order chi connectivity index (χ0) is 15.4. The summed E-state index contributed by atoms with van der Waals surface area (Å²) < 4.78 is 1.79. The molecule has 110 valence electrons. The van der Waals surface area contributed by atoms with E-state index in [4.69, 9.17) is 11.6 Å². The smallest absolute Gasteiger partial charge is 0.341 e. The molecule has 1 aromatic carbocycles. The van der Waals surface area contributed by atoms with Gasteiger partial charge in [0.05, 0.1) is 10.7 Å². The molecule has 2 aromatic rings. The van der Waals surface area contributed by atoms with Crippen LogP contribution in [-0.4, -0.2) is 38.8 Å². The van der Waals surface area contributed by atoms with Gasteiger partial charge >= 0.3 is 11.7 Å². The van der Waals surface area contributed by atoms with E-state index in [9.17, 15) is 14.4 Å². The largest absolute Gasteiger partial charge is 0.369 e. The second kappa shape index (κ2) is 6.18. The monoisotopic (exact) mass is 310 g/mol. The standard InChI is InChI=1S/C11H11ClN6O3/c1-13-10(20)14-9(19)6-17-11(21)18(16-15-17)8-5-3-2-4-7(8)12/h2-5H,6H2,1H3,(H2,13,14,19,20). The van der Waals surface area contributed by atoms with Gasteiger partial charge in [-0.15, -0.1) is 0 Å². The molecule has 0 fully saturated rings. The molecule has 0 unspecified atom stereocenters. The number of rotatable bonds is 3. The molecule has 3 amide bonds. The molecule has 0 saturated carbocycles. The number of nitrogens with zero attached hydrogens (tertiary/aromatic N) is 4. The average Bonchev–Trinajstić information content (AvgIpc) is 2.80. The summed E-state index contributed by atoms with van der Waals surface area (Å²) in [5, 5.41) is 11.8. The van der Waals surface area contributed by atoms with Crippen molar-refractivity contribution in [3.8, 4) is 5.69 Å². The van der Waals surface area contributed by atoms with E-state index in [0.29, 0.717) is 10.7 Å². The lowest BCUT2D eigenvalue weighted by molar-refractivity contribution is -0.120. The second-order valence-corrected chi connectivity index (χ2v) is 4.32. The average molecular weight is 311 g/mol. The summed E-state index contributed by atoms with van der Waals surface area (Å²) in [7, 11) is 1.36. The fourth-order valence-electron chi connectivity index (χ4n) is 1.51. The van der Waals surface area contributed by atoms with Crippen LogP contribution in [0.5, 0.6) is 0 Å². The van der Waals surface area contributed by atoms with Gasteiger partial charge in [0, 0.05) is 7.05 Å². The predicted molar refractivity (Wildman–Crippen MR) is 73.2 cm³/mol. The Morgan fingerprint density at radius 3 is 2.67 bits per heavy atom. The summed E-state index contributed by atoms with van der Waals surface area (Å²) >= 11 is 5.96. The van der Waals surface area contributed by atoms with Gasteiger partial charge in [0.1, 0.15) is 6.54 Å². The number of carbonyl (C=O) groups is 2. The van der Waals surface area contributed by atoms with Crippen molar-refractivity contribution in [1.82, 2.24) is 30.4 Å². The molecule has 10 heteroatoms. The van der Waals surface area contributed by atoms with Gasteiger partial charge in [-0.1, -0.05) is 23.7 Å². The normalized spacial score (nSPS) is 10.2. The van der Waals surface area contributed by atoms with Gasteiger partial charge in [-0.25, -0.2) is 9.59 Å². The summed E-state index contributed by atoms with van der Waals surface area (Å²) in [4.78, 5) is 34.6. The molecule has 2 rings (SSSR count). The minimum atomic E-state index is -0.692. The molecule has 0 bridgehead atoms. The molecule has 9 nitrogen and oxygen atoms in total. The summed E-state index contributed by atoms with van der Waals surface area (Å²) in [5.74, 6) is -0.692. The van der Waals surface area contributed by atoms with Crippen LogP contribution in [-0.2, 0) is 11.3 Å². The molecule has 2 N–H and O–H groups in total. The first-order chi connectivity index (χ1) is 10.0. The molecule has 0 spiro atoms. The molecule has 0 saturated heterocycles. The van der Waals surface area contributed by atoms with E-state index < -0.39 is 24.2 Å². The summed E-state index contributed by atoms with van der Waals surface area (Å²) in [5.41, 5.74) is -0.294. The number of para-hydroxylation sites is 1. The van der Waals surface area contributed by atoms with Crippen molar-refractivity contribution in [1.29, 1.82) is 0 Å². The Hall–Kier alpha value is -2.68. The quantitative estimate of drug-likeness (QED) is 0.797. The molecular weight excluding hydrogens is 300 g/mol. The highest BCUT2D eigenvalue weighted by atomic mass is 35.5. The third-order valence-corrected chi connectivity index (χ3v) is 2.81. The van der Waals surface area contributed by atoms with Gasteiger partial charge < -0.3 is 5.32 Å². The van der Waals surface area contributed by atoms with Crippen molar-refractivity contribution in [3.63, 3.8) is 0 Å². The number of amides is 3. The molecule has 0 radical (unpaired) electrons. The van der Waals surface area contributed by atoms with Gasteiger partial charge in [-0.3, -0.25) is 10.1 Å². The minimum absolute atomic E-state index is 0.321. The van der Waals surface area contributed by atoms with Crippen molar-refractivity contribution in [2.45, 2.75) is 6.54 Å². The number of nitrogens with one attached hydrogen (secondary N) is 2. The Morgan fingerprint density at radius 1 is 1.29 bits per heavy atom. The molecule has 0 atom stereocenters. The van der Waals surface area contributed by atoms with Crippen molar-refractivity contribution in [2.75, 3.05) is 7.05 Å². The summed E-state index contributed by atoms with van der Waals surface area (Å²) in [6.07, 6.45) is 0. The van der Waals surface area contributed by atoms with Crippen LogP contribution in [0.2, 0.25) is 5.02 Å². The Balaban J connectivity index is 2.22. The maximum atomic E-state index is 12.1. The van der Waals surface area contributed by atoms with Crippen LogP contribution in [0.1, 0.15) is 0 Å². The molecular formula is C11H11ClN6O3. The second-order valence-electron chi connectivity index (χ2n) is 3.91. The Labute approximate surface area is 123 Å². The first-order valence-corrected chi connectivity index (χ1v) is 6.20. The van der Waals surface area contributed by atoms with Gasteiger partial charge in [0.15, 0.2) is 0 Å². The number of hydrogen-bond acceptors (Lipinski definition) is 5. The number of tetrazole rings is 1. The van der Waals surface area contributed by atoms with E-state index in [1.54, 1.807) is 24.3 Å². The number of benzene rings is 1. The van der Waals surface area contributed by atoms with Crippen LogP contribution in [0.4, 0.5) is 4.79 Å². The van der Waals surface area contributed by atoms with E-state index in [0.717, 1.165) is 9.36 Å². The number of carbonyl (C=O) groups excluding carboxylic acids is 2. The van der Waals surface area contributed by atoms with E-state index in [1.807, 2.05) is 5.32 Å². The Kier molecular flexibility index (Phi) is 4.33. The molecule has 1 heterocycles. The summed E-state index contributed by atoms with van der Waals surface area (Å²) in [6, 6.07) is 5.91. The minimum Gasteiger partial charge on any atom is -0.341 e. The molecule has 1 aromatic heterocycles. The number of urea groups is 1. The van der Waals surface area contributed by atoms with Gasteiger partial charge in [-0.05, 0) is 22.6 Å². The van der Waals surface area contributed by atoms with E-state index in [-0.39, 0.29) is 0 Å². The SMILES string of the molecule is CNC(=O)NC(=O)Cn1nnn(-c2ccccc2Cl)c1=O. The fourth-order valence-corrected chi connectivity index (χ4v) is 1.73. The number of hydrogen-bond donors (Lipinski definition) is 2. The number of aromatic nitrogens is 4. The third-order valence-electron chi connectivity index (χ3n) is 2.49. The van der Waals surface area contributed by atoms with Crippen LogP contribution in [0.3, 0.4) is 0 Å². The molecule has 0 aliphatic heterocycles. The lowest BCUT2D eigenvalue weighted by Crippen LogP contribution is -2.41. The van der Waals surface area contributed by atoms with Crippen LogP contribution in [0.25, 0.3) is 5.69 Å². The van der Waals surface area contributed by atoms with Crippen molar-refractivity contribution < 1.29 is 9.59 Å². The topological polar surface area (TPSA) is 111 Å². The van der Waals surface area contributed by atoms with Crippen molar-refractivity contribution in [3.05, 3.63) is 39.8 Å². The van der Waals surface area contributed by atoms with Gasteiger partial charge in [-0.2, -0.15) is 9.36 Å². The highest BCUT2D eigenvalue weighted by molar-refractivity contribution is 6.32. The zero-order valence-electron chi connectivity index (χ0n) is 10.9. The lowest BCUT2D eigenvalue weighted by Gasteiger charge is -2.02. The number of imide groups is 1. The Morgan fingerprint density at radius 2 is 2.00 bits per heavy atom. The first kappa shape index (κ1) is 14.7. The molecule has 0 aliphatic carbocycles. The van der Waals surface area contributed by atoms with Crippen LogP contribution in [0, 0.1) is 0 Å². The zero-order valence-corrected chi connectivity index (χ0v) is 11.7. The number of halogens is 1. The molecule has 0 aliphatic rings. The van der Waals surface area contributed by atoms with Crippen LogP contribution >= 0.6 is 11.6 Å². The fraction of sp³-hybridized carbons (Fsp3) is 0.182. The Bertz CT molecular complexity index is 738. The van der Waals surface area contributed by atoms with Crippen LogP contribution < -0.4 is 16.3 Å². The van der Waals surface area contributed by atoms with Crippen molar-refractivity contribution in [2.24, 2.45) is 0 Å². The predicted octanol–water partition coefficient (Wildman–Crippen LogP) is -0.462. The van der Waals surface area contributed by atoms with Gasteiger partial charge in [0.2, 0.25) is 5.91 Å². The highest BCUT2D eigenvalue weighted by Crippen LogP contribution is 2.16. The van der Waals surface area contributed by atoms with E-state index >= 15 is 0 Å². The van der Waals surface area contributed by atoms with Gasteiger partial charge in [0.25, 0.3) is 0 Å². The van der Waals surface area contributed by atoms with E-state index in [2.05, 4.69) is 15.7 Å². The first-order valence-electron chi connectivity index (χ1n) is 5.82. The van der Waals surface area contributed by atoms with E-state index in [1.165, 1.54) is 7.05 Å². The molecule has 21 heavy (non-hydrogen) atoms. The lowest BCUT2D eigenvalue weighted by atomic mass is 10.3. The summed E-state index contributed by atoms with van der Waals surface area (Å²) in [6.45, 7) is -0.434. The maximum absolute atomic E-state index is 12.1. The van der Waals surface area contributed by atoms with Crippen LogP contribution in [0.15, 0.2) is 29.1 Å². The van der Waals surface area contributed by atoms with Crippen molar-refractivity contribution >= 4 is 23.5 Å².